The summed E-state index contributed by atoms with van der Waals surface area (Å²) < 4.78 is 9.77. The molecular weight excluding hydrogens is 496 g/mol. The van der Waals surface area contributed by atoms with Crippen LogP contribution in [0, 0.1) is 19.3 Å². The smallest absolute Gasteiger partial charge is 0.423 e. The van der Waals surface area contributed by atoms with Crippen molar-refractivity contribution in [1.29, 1.82) is 5.41 Å². The lowest BCUT2D eigenvalue weighted by atomic mass is 10.1. The first kappa shape index (κ1) is 28.1. The topological polar surface area (TPSA) is 186 Å². The first-order chi connectivity index (χ1) is 18.2. The molecule has 0 spiro atoms. The van der Waals surface area contributed by atoms with Gasteiger partial charge in [0.1, 0.15) is 12.9 Å². The van der Waals surface area contributed by atoms with E-state index in [0.717, 1.165) is 17.7 Å². The summed E-state index contributed by atoms with van der Waals surface area (Å²) >= 11 is 0. The molecule has 5 N–H and O–H groups in total. The van der Waals surface area contributed by atoms with Crippen LogP contribution < -0.4 is 15.5 Å². The van der Waals surface area contributed by atoms with Crippen LogP contribution in [0.4, 0.5) is 10.5 Å². The molecule has 1 aromatic carbocycles. The van der Waals surface area contributed by atoms with Gasteiger partial charge in [-0.1, -0.05) is 6.07 Å². The van der Waals surface area contributed by atoms with E-state index in [9.17, 15) is 19.2 Å². The molecule has 0 aliphatic heterocycles. The van der Waals surface area contributed by atoms with Crippen molar-refractivity contribution in [3.8, 4) is 0 Å². The number of nitrogens with zero attached hydrogens (tertiary/aromatic N) is 2. The van der Waals surface area contributed by atoms with Gasteiger partial charge in [0, 0.05) is 24.3 Å². The van der Waals surface area contributed by atoms with Crippen LogP contribution in [0.2, 0.25) is 0 Å². The van der Waals surface area contributed by atoms with Gasteiger partial charge in [-0.05, 0) is 56.9 Å². The fourth-order valence-corrected chi connectivity index (χ4v) is 3.56. The second-order valence-electron chi connectivity index (χ2n) is 8.43. The molecule has 1 heterocycles. The molecule has 0 saturated heterocycles. The van der Waals surface area contributed by atoms with Crippen molar-refractivity contribution in [3.63, 3.8) is 0 Å². The number of aryl methyl sites for hydroxylation is 1. The van der Waals surface area contributed by atoms with Gasteiger partial charge in [-0.15, -0.1) is 0 Å². The van der Waals surface area contributed by atoms with Crippen molar-refractivity contribution in [2.75, 3.05) is 24.8 Å². The van der Waals surface area contributed by atoms with E-state index in [4.69, 9.17) is 15.3 Å². The Balaban J connectivity index is 2.08. The highest BCUT2D eigenvalue weighted by Gasteiger charge is 2.31. The summed E-state index contributed by atoms with van der Waals surface area (Å²) in [6.07, 6.45) is 2.96. The largest absolute Gasteiger partial charge is 0.426 e. The number of amidine groups is 1. The van der Waals surface area contributed by atoms with E-state index >= 15 is 0 Å². The standard InChI is InChI=1S/C25H30N6O7/c1-4-27-23(34)16-6-5-14(2)19(9-16)31(25(36)38-13-37-20(33)11-32)22(29-12-26)21-15(3)18(10-28-21)24(35)30-17-7-8-17/h5-6,9-10,12,17,26,28,32H,4,7-8,11,13H2,1-3H3,(H,27,34)(H,30,35). The molecule has 0 bridgehead atoms. The first-order valence-corrected chi connectivity index (χ1v) is 11.9. The van der Waals surface area contributed by atoms with Crippen molar-refractivity contribution in [3.05, 3.63) is 52.3 Å². The number of aliphatic hydroxyl groups excluding tert-OH is 1. The molecule has 3 amide bonds. The minimum absolute atomic E-state index is 0.0994. The molecule has 1 saturated carbocycles. The van der Waals surface area contributed by atoms with Crippen LogP contribution in [0.1, 0.15) is 57.3 Å². The molecule has 0 atom stereocenters. The highest BCUT2D eigenvalue weighted by molar-refractivity contribution is 6.24. The zero-order chi connectivity index (χ0) is 27.8. The van der Waals surface area contributed by atoms with Gasteiger partial charge in [-0.2, -0.15) is 0 Å². The van der Waals surface area contributed by atoms with Crippen LogP contribution in [-0.2, 0) is 14.3 Å². The third kappa shape index (κ3) is 6.62. The maximum absolute atomic E-state index is 13.4. The monoisotopic (exact) mass is 526 g/mol. The Morgan fingerprint density at radius 1 is 1.21 bits per heavy atom. The molecule has 1 aliphatic carbocycles. The predicted octanol–water partition coefficient (Wildman–Crippen LogP) is 1.76. The highest BCUT2D eigenvalue weighted by atomic mass is 16.7. The number of carbonyl (C=O) groups is 4. The van der Waals surface area contributed by atoms with Gasteiger partial charge in [0.2, 0.25) is 6.79 Å². The third-order valence-corrected chi connectivity index (χ3v) is 5.68. The number of anilines is 1. The minimum Gasteiger partial charge on any atom is -0.426 e. The fourth-order valence-electron chi connectivity index (χ4n) is 3.56. The number of hydrogen-bond acceptors (Lipinski definition) is 8. The van der Waals surface area contributed by atoms with Crippen molar-refractivity contribution in [1.82, 2.24) is 15.6 Å². The van der Waals surface area contributed by atoms with Crippen LogP contribution in [0.3, 0.4) is 0 Å². The average Bonchev–Trinajstić information content (AvgIpc) is 3.62. The predicted molar refractivity (Wildman–Crippen MR) is 138 cm³/mol. The van der Waals surface area contributed by atoms with Crippen LogP contribution in [0.15, 0.2) is 29.4 Å². The van der Waals surface area contributed by atoms with E-state index in [1.54, 1.807) is 32.9 Å². The summed E-state index contributed by atoms with van der Waals surface area (Å²) in [6.45, 7) is 3.81. The number of ether oxygens (including phenoxy) is 2. The van der Waals surface area contributed by atoms with Crippen LogP contribution >= 0.6 is 0 Å². The SMILES string of the molecule is CCNC(=O)c1ccc(C)c(N(C(=O)OCOC(=O)CO)C(=NC=N)c2[nH]cc(C(=O)NC3CC3)c2C)c1. The summed E-state index contributed by atoms with van der Waals surface area (Å²) in [4.78, 5) is 58.0. The number of benzene rings is 1. The highest BCUT2D eigenvalue weighted by Crippen LogP contribution is 2.27. The molecule has 0 unspecified atom stereocenters. The van der Waals surface area contributed by atoms with Gasteiger partial charge < -0.3 is 30.2 Å². The lowest BCUT2D eigenvalue weighted by molar-refractivity contribution is -0.154. The molecule has 13 heteroatoms. The van der Waals surface area contributed by atoms with Gasteiger partial charge in [0.25, 0.3) is 11.8 Å². The van der Waals surface area contributed by atoms with E-state index in [-0.39, 0.29) is 40.6 Å². The molecule has 202 valence electrons. The lowest BCUT2D eigenvalue weighted by Crippen LogP contribution is -2.40. The second-order valence-corrected chi connectivity index (χ2v) is 8.43. The molecule has 13 nitrogen and oxygen atoms in total. The molecule has 1 aromatic heterocycles. The molecular formula is C25H30N6O7. The van der Waals surface area contributed by atoms with Crippen molar-refractivity contribution in [2.45, 2.75) is 39.7 Å². The third-order valence-electron chi connectivity index (χ3n) is 5.68. The number of esters is 1. The zero-order valence-electron chi connectivity index (χ0n) is 21.3. The van der Waals surface area contributed by atoms with Crippen molar-refractivity contribution in [2.24, 2.45) is 4.99 Å². The summed E-state index contributed by atoms with van der Waals surface area (Å²) in [5, 5.41) is 22.1. The number of aliphatic hydroxyl groups is 1. The number of nitrogens with one attached hydrogen (secondary N) is 4. The van der Waals surface area contributed by atoms with Gasteiger partial charge >= 0.3 is 12.1 Å². The quantitative estimate of drug-likeness (QED) is 0.135. The Morgan fingerprint density at radius 3 is 2.58 bits per heavy atom. The Labute approximate surface area is 218 Å². The van der Waals surface area contributed by atoms with E-state index in [1.165, 1.54) is 12.3 Å². The minimum atomic E-state index is -1.05. The number of hydrogen-bond donors (Lipinski definition) is 5. The van der Waals surface area contributed by atoms with E-state index in [2.05, 4.69) is 25.3 Å². The van der Waals surface area contributed by atoms with Gasteiger partial charge in [-0.25, -0.2) is 19.5 Å². The summed E-state index contributed by atoms with van der Waals surface area (Å²) in [6, 6.07) is 4.80. The van der Waals surface area contributed by atoms with Gasteiger partial charge in [0.15, 0.2) is 5.84 Å². The molecule has 1 aliphatic rings. The molecule has 1 fully saturated rings. The molecule has 0 radical (unpaired) electrons. The van der Waals surface area contributed by atoms with Crippen molar-refractivity contribution < 1.29 is 33.8 Å². The number of aromatic nitrogens is 1. The Kier molecular flexibility index (Phi) is 9.33. The number of carbonyl (C=O) groups excluding carboxylic acids is 4. The zero-order valence-corrected chi connectivity index (χ0v) is 21.3. The summed E-state index contributed by atoms with van der Waals surface area (Å²) in [7, 11) is 0. The van der Waals surface area contributed by atoms with Crippen LogP contribution in [-0.4, -0.2) is 72.1 Å². The number of amides is 3. The number of H-pyrrole nitrogens is 1. The first-order valence-electron chi connectivity index (χ1n) is 11.9. The Morgan fingerprint density at radius 2 is 1.95 bits per heavy atom. The van der Waals surface area contributed by atoms with Crippen LogP contribution in [0.25, 0.3) is 0 Å². The summed E-state index contributed by atoms with van der Waals surface area (Å²) in [5.74, 6) is -1.77. The van der Waals surface area contributed by atoms with E-state index in [1.807, 2.05) is 0 Å². The van der Waals surface area contributed by atoms with E-state index in [0.29, 0.717) is 29.6 Å². The Bertz CT molecular complexity index is 1260. The second kappa shape index (κ2) is 12.6. The number of rotatable bonds is 10. The number of aliphatic imine (C=N–C) groups is 1. The molecule has 3 rings (SSSR count). The average molecular weight is 527 g/mol. The maximum atomic E-state index is 13.4. The van der Waals surface area contributed by atoms with Gasteiger partial charge in [0.05, 0.1) is 16.9 Å². The molecule has 2 aromatic rings. The molecule has 38 heavy (non-hydrogen) atoms. The van der Waals surface area contributed by atoms with E-state index < -0.39 is 25.5 Å². The van der Waals surface area contributed by atoms with Gasteiger partial charge in [-0.3, -0.25) is 15.0 Å². The Hall–Kier alpha value is -4.52. The van der Waals surface area contributed by atoms with Crippen molar-refractivity contribution >= 4 is 41.7 Å². The summed E-state index contributed by atoms with van der Waals surface area (Å²) in [5.41, 5.74) is 2.05. The lowest BCUT2D eigenvalue weighted by Gasteiger charge is -2.25. The number of aromatic amines is 1. The maximum Gasteiger partial charge on any atom is 0.423 e. The fraction of sp³-hybridized carbons (Fsp3) is 0.360. The van der Waals surface area contributed by atoms with Crippen LogP contribution in [0.5, 0.6) is 0 Å². The normalized spacial score (nSPS) is 12.9.